The molecule has 0 aliphatic carbocycles. The Bertz CT molecular complexity index is 627. The van der Waals surface area contributed by atoms with Gasteiger partial charge in [0.25, 0.3) is 5.89 Å². The Balaban J connectivity index is 1.82. The van der Waals surface area contributed by atoms with Crippen molar-refractivity contribution in [2.45, 2.75) is 13.0 Å². The summed E-state index contributed by atoms with van der Waals surface area (Å²) in [5, 5.41) is 8.14. The molecule has 1 N–H and O–H groups in total. The molecule has 1 fully saturated rings. The zero-order valence-corrected chi connectivity index (χ0v) is 14.0. The molecule has 2 heterocycles. The van der Waals surface area contributed by atoms with Crippen molar-refractivity contribution in [1.82, 2.24) is 20.4 Å². The molecule has 1 aromatic heterocycles. The standard InChI is InChI=1S/C14H16BrClN4O/c1-9(20-6-4-17-5-7-20)13-18-14(21-19-13)11-3-2-10(16)8-12(11)15/h2-3,8-9,17H,4-7H2,1H3. The SMILES string of the molecule is CC(c1noc(-c2ccc(Cl)cc2Br)n1)N1CCNCC1. The van der Waals surface area contributed by atoms with Gasteiger partial charge in [-0.25, -0.2) is 0 Å². The monoisotopic (exact) mass is 370 g/mol. The fourth-order valence-corrected chi connectivity index (χ4v) is 3.26. The van der Waals surface area contributed by atoms with E-state index in [-0.39, 0.29) is 6.04 Å². The molecule has 21 heavy (non-hydrogen) atoms. The van der Waals surface area contributed by atoms with E-state index >= 15 is 0 Å². The zero-order chi connectivity index (χ0) is 14.8. The highest BCUT2D eigenvalue weighted by atomic mass is 79.9. The summed E-state index contributed by atoms with van der Waals surface area (Å²) in [6, 6.07) is 5.65. The first kappa shape index (κ1) is 15.0. The lowest BCUT2D eigenvalue weighted by atomic mass is 10.2. The summed E-state index contributed by atoms with van der Waals surface area (Å²) < 4.78 is 6.25. The highest BCUT2D eigenvalue weighted by Crippen LogP contribution is 2.30. The summed E-state index contributed by atoms with van der Waals surface area (Å²) in [5.74, 6) is 1.23. The Morgan fingerprint density at radius 1 is 1.38 bits per heavy atom. The Morgan fingerprint density at radius 2 is 2.14 bits per heavy atom. The molecule has 1 saturated heterocycles. The van der Waals surface area contributed by atoms with Crippen LogP contribution in [-0.4, -0.2) is 41.2 Å². The van der Waals surface area contributed by atoms with Crippen LogP contribution in [0.3, 0.4) is 0 Å². The van der Waals surface area contributed by atoms with Crippen molar-refractivity contribution in [3.8, 4) is 11.5 Å². The summed E-state index contributed by atoms with van der Waals surface area (Å²) in [6.07, 6.45) is 0. The van der Waals surface area contributed by atoms with Crippen molar-refractivity contribution in [1.29, 1.82) is 0 Å². The molecule has 5 nitrogen and oxygen atoms in total. The Labute approximate surface area is 136 Å². The van der Waals surface area contributed by atoms with E-state index in [0.29, 0.717) is 16.7 Å². The van der Waals surface area contributed by atoms with Gasteiger partial charge in [-0.05, 0) is 41.1 Å². The van der Waals surface area contributed by atoms with Crippen molar-refractivity contribution in [2.75, 3.05) is 26.2 Å². The first-order chi connectivity index (χ1) is 10.1. The molecule has 0 spiro atoms. The molecule has 1 aliphatic heterocycles. The molecule has 1 unspecified atom stereocenters. The van der Waals surface area contributed by atoms with E-state index in [2.05, 4.69) is 43.2 Å². The minimum atomic E-state index is 0.149. The van der Waals surface area contributed by atoms with E-state index in [1.165, 1.54) is 0 Å². The lowest BCUT2D eigenvalue weighted by molar-refractivity contribution is 0.176. The lowest BCUT2D eigenvalue weighted by Crippen LogP contribution is -2.44. The molecule has 1 atom stereocenters. The lowest BCUT2D eigenvalue weighted by Gasteiger charge is -2.30. The van der Waals surface area contributed by atoms with Crippen LogP contribution in [0, 0.1) is 0 Å². The van der Waals surface area contributed by atoms with Gasteiger partial charge in [-0.1, -0.05) is 16.8 Å². The van der Waals surface area contributed by atoms with E-state index in [0.717, 1.165) is 36.2 Å². The number of hydrogen-bond donors (Lipinski definition) is 1. The minimum Gasteiger partial charge on any atom is -0.334 e. The fourth-order valence-electron chi connectivity index (χ4n) is 2.41. The molecule has 0 bridgehead atoms. The Morgan fingerprint density at radius 3 is 2.86 bits per heavy atom. The molecule has 0 amide bonds. The predicted molar refractivity (Wildman–Crippen MR) is 85.3 cm³/mol. The maximum atomic E-state index is 5.95. The van der Waals surface area contributed by atoms with Crippen molar-refractivity contribution in [2.24, 2.45) is 0 Å². The molecule has 2 aromatic rings. The molecular formula is C14H16BrClN4O. The number of halogens is 2. The van der Waals surface area contributed by atoms with Crippen LogP contribution in [0.25, 0.3) is 11.5 Å². The van der Waals surface area contributed by atoms with Crippen LogP contribution in [0.1, 0.15) is 18.8 Å². The van der Waals surface area contributed by atoms with E-state index < -0.39 is 0 Å². The summed E-state index contributed by atoms with van der Waals surface area (Å²) in [6.45, 7) is 6.10. The van der Waals surface area contributed by atoms with Gasteiger partial charge in [0.05, 0.1) is 11.6 Å². The van der Waals surface area contributed by atoms with E-state index in [1.54, 1.807) is 0 Å². The van der Waals surface area contributed by atoms with Gasteiger partial charge in [-0.3, -0.25) is 4.90 Å². The van der Waals surface area contributed by atoms with Crippen molar-refractivity contribution in [3.63, 3.8) is 0 Å². The average Bonchev–Trinajstić information content (AvgIpc) is 2.97. The number of rotatable bonds is 3. The molecule has 112 valence electrons. The largest absolute Gasteiger partial charge is 0.334 e. The smallest absolute Gasteiger partial charge is 0.259 e. The van der Waals surface area contributed by atoms with Crippen molar-refractivity contribution >= 4 is 27.5 Å². The Hall–Kier alpha value is -0.950. The van der Waals surface area contributed by atoms with Gasteiger partial charge in [0.1, 0.15) is 0 Å². The van der Waals surface area contributed by atoms with E-state index in [1.807, 2.05) is 18.2 Å². The van der Waals surface area contributed by atoms with Gasteiger partial charge in [0, 0.05) is 35.7 Å². The molecule has 1 aliphatic rings. The molecule has 3 rings (SSSR count). The third-order valence-corrected chi connectivity index (χ3v) is 4.57. The highest BCUT2D eigenvalue weighted by molar-refractivity contribution is 9.10. The number of nitrogens with zero attached hydrogens (tertiary/aromatic N) is 3. The third-order valence-electron chi connectivity index (χ3n) is 3.68. The third kappa shape index (κ3) is 3.29. The van der Waals surface area contributed by atoms with Crippen molar-refractivity contribution < 1.29 is 4.52 Å². The Kier molecular flexibility index (Phi) is 4.59. The fraction of sp³-hybridized carbons (Fsp3) is 0.429. The number of hydrogen-bond acceptors (Lipinski definition) is 5. The van der Waals surface area contributed by atoms with Gasteiger partial charge >= 0.3 is 0 Å². The predicted octanol–water partition coefficient (Wildman–Crippen LogP) is 3.12. The van der Waals surface area contributed by atoms with Crippen LogP contribution >= 0.6 is 27.5 Å². The van der Waals surface area contributed by atoms with Gasteiger partial charge in [0.15, 0.2) is 5.82 Å². The number of aromatic nitrogens is 2. The molecule has 7 heteroatoms. The molecule has 0 saturated carbocycles. The van der Waals surface area contributed by atoms with Crippen LogP contribution < -0.4 is 5.32 Å². The normalized spacial score (nSPS) is 17.9. The van der Waals surface area contributed by atoms with Crippen molar-refractivity contribution in [3.05, 3.63) is 33.5 Å². The molecule has 1 aromatic carbocycles. The minimum absolute atomic E-state index is 0.149. The second kappa shape index (κ2) is 6.44. The van der Waals surface area contributed by atoms with Crippen LogP contribution in [0.5, 0.6) is 0 Å². The summed E-state index contributed by atoms with van der Waals surface area (Å²) in [5.41, 5.74) is 0.852. The highest BCUT2D eigenvalue weighted by Gasteiger charge is 2.23. The van der Waals surface area contributed by atoms with Gasteiger partial charge in [-0.2, -0.15) is 4.98 Å². The topological polar surface area (TPSA) is 54.2 Å². The van der Waals surface area contributed by atoms with Crippen LogP contribution in [0.4, 0.5) is 0 Å². The summed E-state index contributed by atoms with van der Waals surface area (Å²) >= 11 is 9.43. The molecule has 0 radical (unpaired) electrons. The average molecular weight is 372 g/mol. The van der Waals surface area contributed by atoms with E-state index in [9.17, 15) is 0 Å². The quantitative estimate of drug-likeness (QED) is 0.898. The summed E-state index contributed by atoms with van der Waals surface area (Å²) in [4.78, 5) is 6.88. The first-order valence-electron chi connectivity index (χ1n) is 6.89. The number of piperazine rings is 1. The molecular weight excluding hydrogens is 356 g/mol. The van der Waals surface area contributed by atoms with E-state index in [4.69, 9.17) is 16.1 Å². The van der Waals surface area contributed by atoms with Crippen LogP contribution in [0.2, 0.25) is 5.02 Å². The second-order valence-electron chi connectivity index (χ2n) is 5.04. The maximum absolute atomic E-state index is 5.95. The van der Waals surface area contributed by atoms with Crippen LogP contribution in [-0.2, 0) is 0 Å². The van der Waals surface area contributed by atoms with Gasteiger partial charge < -0.3 is 9.84 Å². The second-order valence-corrected chi connectivity index (χ2v) is 6.33. The number of benzene rings is 1. The number of nitrogens with one attached hydrogen (secondary N) is 1. The first-order valence-corrected chi connectivity index (χ1v) is 8.06. The maximum Gasteiger partial charge on any atom is 0.259 e. The zero-order valence-electron chi connectivity index (χ0n) is 11.6. The summed E-state index contributed by atoms with van der Waals surface area (Å²) in [7, 11) is 0. The van der Waals surface area contributed by atoms with Gasteiger partial charge in [-0.15, -0.1) is 0 Å². The van der Waals surface area contributed by atoms with Gasteiger partial charge in [0.2, 0.25) is 0 Å². The van der Waals surface area contributed by atoms with Crippen LogP contribution in [0.15, 0.2) is 27.2 Å².